The van der Waals surface area contributed by atoms with Crippen LogP contribution in [0.2, 0.25) is 0 Å². The molecule has 100 valence electrons. The van der Waals surface area contributed by atoms with E-state index in [0.29, 0.717) is 6.54 Å². The van der Waals surface area contributed by atoms with E-state index in [1.54, 1.807) is 11.3 Å². The van der Waals surface area contributed by atoms with Crippen molar-refractivity contribution in [1.29, 1.82) is 0 Å². The second-order valence-electron chi connectivity index (χ2n) is 5.12. The van der Waals surface area contributed by atoms with E-state index in [4.69, 9.17) is 0 Å². The molecule has 1 aromatic rings. The van der Waals surface area contributed by atoms with Gasteiger partial charge in [0, 0.05) is 16.8 Å². The van der Waals surface area contributed by atoms with E-state index in [-0.39, 0.29) is 17.7 Å². The van der Waals surface area contributed by atoms with Gasteiger partial charge in [-0.05, 0) is 29.7 Å². The van der Waals surface area contributed by atoms with Gasteiger partial charge < -0.3 is 15.2 Å². The Morgan fingerprint density at radius 2 is 2.05 bits per heavy atom. The van der Waals surface area contributed by atoms with Crippen molar-refractivity contribution in [3.05, 3.63) is 34.5 Å². The largest absolute Gasteiger partial charge is 0.550 e. The molecular weight excluding hydrogens is 262 g/mol. The second-order valence-corrected chi connectivity index (χ2v) is 6.15. The van der Waals surface area contributed by atoms with Crippen LogP contribution < -0.4 is 10.4 Å². The molecule has 1 aromatic heterocycles. The summed E-state index contributed by atoms with van der Waals surface area (Å²) >= 11 is 1.57. The number of carboxylic acids is 1. The SMILES string of the molecule is O=C([O-])[C@H]1[C@H](C(=O)NCc2cccs2)[C@H]2C=C[C@@H]1C2. The molecule has 2 bridgehead atoms. The highest BCUT2D eigenvalue weighted by Crippen LogP contribution is 2.47. The van der Waals surface area contributed by atoms with Gasteiger partial charge in [0.05, 0.1) is 12.5 Å². The zero-order valence-electron chi connectivity index (χ0n) is 10.2. The van der Waals surface area contributed by atoms with Gasteiger partial charge in [0.2, 0.25) is 5.91 Å². The summed E-state index contributed by atoms with van der Waals surface area (Å²) in [6.07, 6.45) is 4.64. The molecule has 1 saturated carbocycles. The molecule has 1 amide bonds. The molecule has 1 fully saturated rings. The zero-order valence-corrected chi connectivity index (χ0v) is 11.1. The van der Waals surface area contributed by atoms with E-state index in [2.05, 4.69) is 5.32 Å². The number of carboxylic acid groups (broad SMARTS) is 1. The number of fused-ring (bicyclic) bond motifs is 2. The fourth-order valence-electron chi connectivity index (χ4n) is 3.21. The molecule has 1 heterocycles. The Labute approximate surface area is 115 Å². The van der Waals surface area contributed by atoms with Crippen LogP contribution >= 0.6 is 11.3 Å². The number of allylic oxidation sites excluding steroid dienone is 2. The van der Waals surface area contributed by atoms with Crippen LogP contribution in [0, 0.1) is 23.7 Å². The molecule has 4 atom stereocenters. The Morgan fingerprint density at radius 3 is 2.68 bits per heavy atom. The number of hydrogen-bond acceptors (Lipinski definition) is 4. The molecule has 0 aliphatic heterocycles. The molecule has 0 spiro atoms. The fourth-order valence-corrected chi connectivity index (χ4v) is 3.85. The van der Waals surface area contributed by atoms with Gasteiger partial charge in [-0.2, -0.15) is 0 Å². The first-order valence-electron chi connectivity index (χ1n) is 6.36. The summed E-state index contributed by atoms with van der Waals surface area (Å²) in [4.78, 5) is 24.5. The second kappa shape index (κ2) is 4.81. The molecule has 0 saturated heterocycles. The summed E-state index contributed by atoms with van der Waals surface area (Å²) in [6.45, 7) is 0.466. The summed E-state index contributed by atoms with van der Waals surface area (Å²) in [7, 11) is 0. The summed E-state index contributed by atoms with van der Waals surface area (Å²) in [5, 5.41) is 16.0. The van der Waals surface area contributed by atoms with Crippen LogP contribution in [0.1, 0.15) is 11.3 Å². The minimum absolute atomic E-state index is 0.0347. The first-order chi connectivity index (χ1) is 9.16. The lowest BCUT2D eigenvalue weighted by Crippen LogP contribution is -2.44. The lowest BCUT2D eigenvalue weighted by molar-refractivity contribution is -0.313. The van der Waals surface area contributed by atoms with Crippen molar-refractivity contribution in [3.8, 4) is 0 Å². The molecule has 3 rings (SSSR count). The van der Waals surface area contributed by atoms with Crippen LogP contribution in [0.5, 0.6) is 0 Å². The van der Waals surface area contributed by atoms with Gasteiger partial charge in [0.15, 0.2) is 0 Å². The number of carbonyl (C=O) groups is 2. The van der Waals surface area contributed by atoms with Crippen molar-refractivity contribution >= 4 is 23.2 Å². The Bertz CT molecular complexity index is 523. The molecule has 0 aromatic carbocycles. The predicted octanol–water partition coefficient (Wildman–Crippen LogP) is 0.552. The van der Waals surface area contributed by atoms with Gasteiger partial charge in [0.1, 0.15) is 0 Å². The van der Waals surface area contributed by atoms with Crippen molar-refractivity contribution in [3.63, 3.8) is 0 Å². The van der Waals surface area contributed by atoms with Crippen LogP contribution in [0.3, 0.4) is 0 Å². The molecule has 0 radical (unpaired) electrons. The molecular formula is C14H14NO3S-. The van der Waals surface area contributed by atoms with Gasteiger partial charge in [-0.15, -0.1) is 11.3 Å². The van der Waals surface area contributed by atoms with Gasteiger partial charge in [-0.3, -0.25) is 4.79 Å². The van der Waals surface area contributed by atoms with Gasteiger partial charge in [-0.1, -0.05) is 18.2 Å². The topological polar surface area (TPSA) is 69.2 Å². The first-order valence-corrected chi connectivity index (χ1v) is 7.24. The van der Waals surface area contributed by atoms with E-state index in [1.165, 1.54) is 0 Å². The Kier molecular flexibility index (Phi) is 3.14. The van der Waals surface area contributed by atoms with E-state index < -0.39 is 17.8 Å². The van der Waals surface area contributed by atoms with Crippen molar-refractivity contribution < 1.29 is 14.7 Å². The van der Waals surface area contributed by atoms with Gasteiger partial charge in [0.25, 0.3) is 0 Å². The molecule has 1 N–H and O–H groups in total. The number of aliphatic carboxylic acids is 1. The summed E-state index contributed by atoms with van der Waals surface area (Å²) in [6, 6.07) is 3.87. The van der Waals surface area contributed by atoms with E-state index in [1.807, 2.05) is 29.7 Å². The lowest BCUT2D eigenvalue weighted by atomic mass is 9.82. The number of amides is 1. The monoisotopic (exact) mass is 276 g/mol. The lowest BCUT2D eigenvalue weighted by Gasteiger charge is -2.27. The zero-order chi connectivity index (χ0) is 13.4. The minimum Gasteiger partial charge on any atom is -0.550 e. The maximum Gasteiger partial charge on any atom is 0.224 e. The third-order valence-corrected chi connectivity index (χ3v) is 4.93. The third kappa shape index (κ3) is 2.18. The Morgan fingerprint density at radius 1 is 1.32 bits per heavy atom. The summed E-state index contributed by atoms with van der Waals surface area (Å²) < 4.78 is 0. The minimum atomic E-state index is -1.10. The third-order valence-electron chi connectivity index (χ3n) is 4.05. The molecule has 4 nitrogen and oxygen atoms in total. The predicted molar refractivity (Wildman–Crippen MR) is 68.9 cm³/mol. The van der Waals surface area contributed by atoms with Crippen molar-refractivity contribution in [2.75, 3.05) is 0 Å². The molecule has 2 aliphatic rings. The van der Waals surface area contributed by atoms with Crippen LogP contribution in [0.4, 0.5) is 0 Å². The number of rotatable bonds is 4. The summed E-state index contributed by atoms with van der Waals surface area (Å²) in [5.74, 6) is -2.39. The highest BCUT2D eigenvalue weighted by atomic mass is 32.1. The highest BCUT2D eigenvalue weighted by molar-refractivity contribution is 7.09. The number of nitrogens with one attached hydrogen (secondary N) is 1. The Balaban J connectivity index is 1.68. The van der Waals surface area contributed by atoms with Gasteiger partial charge >= 0.3 is 0 Å². The number of hydrogen-bond donors (Lipinski definition) is 1. The quantitative estimate of drug-likeness (QED) is 0.817. The standard InChI is InChI=1S/C14H15NO3S/c16-13(15-7-10-2-1-5-19-10)11-8-3-4-9(6-8)12(11)14(17)18/h1-5,8-9,11-12H,6-7H2,(H,15,16)(H,17,18)/p-1/t8-,9+,11+,12+/m0/s1. The molecule has 0 unspecified atom stereocenters. The summed E-state index contributed by atoms with van der Waals surface area (Å²) in [5.41, 5.74) is 0. The average molecular weight is 276 g/mol. The number of thiophene rings is 1. The van der Waals surface area contributed by atoms with Gasteiger partial charge in [-0.25, -0.2) is 0 Å². The van der Waals surface area contributed by atoms with E-state index >= 15 is 0 Å². The maximum absolute atomic E-state index is 12.2. The molecule has 5 heteroatoms. The normalized spacial score (nSPS) is 31.6. The first kappa shape index (κ1) is 12.4. The van der Waals surface area contributed by atoms with Crippen LogP contribution in [-0.4, -0.2) is 11.9 Å². The van der Waals surface area contributed by atoms with E-state index in [9.17, 15) is 14.7 Å². The van der Waals surface area contributed by atoms with Crippen LogP contribution in [0.25, 0.3) is 0 Å². The van der Waals surface area contributed by atoms with Crippen molar-refractivity contribution in [1.82, 2.24) is 5.32 Å². The van der Waals surface area contributed by atoms with Crippen molar-refractivity contribution in [2.24, 2.45) is 23.7 Å². The highest BCUT2D eigenvalue weighted by Gasteiger charge is 2.48. The molecule has 2 aliphatic carbocycles. The van der Waals surface area contributed by atoms with Crippen LogP contribution in [0.15, 0.2) is 29.7 Å². The molecule has 19 heavy (non-hydrogen) atoms. The smallest absolute Gasteiger partial charge is 0.224 e. The fraction of sp³-hybridized carbons (Fsp3) is 0.429. The maximum atomic E-state index is 12.2. The van der Waals surface area contributed by atoms with Crippen molar-refractivity contribution in [2.45, 2.75) is 13.0 Å². The van der Waals surface area contributed by atoms with Crippen LogP contribution in [-0.2, 0) is 16.1 Å². The average Bonchev–Trinajstić information content (AvgIpc) is 3.10. The number of carbonyl (C=O) groups excluding carboxylic acids is 2. The Hall–Kier alpha value is -1.62. The van der Waals surface area contributed by atoms with E-state index in [0.717, 1.165) is 11.3 Å².